The van der Waals surface area contributed by atoms with Crippen molar-refractivity contribution in [3.05, 3.63) is 10.4 Å². The van der Waals surface area contributed by atoms with Crippen LogP contribution in [0.2, 0.25) is 0 Å². The molecular weight excluding hydrogens is 217 g/mol. The highest BCUT2D eigenvalue weighted by molar-refractivity contribution is 7.63. The summed E-state index contributed by atoms with van der Waals surface area (Å²) in [6.07, 6.45) is -0.420. The Hall–Kier alpha value is -0.540. The van der Waals surface area contributed by atoms with Gasteiger partial charge in [-0.2, -0.15) is 0 Å². The lowest BCUT2D eigenvalue weighted by Crippen LogP contribution is -2.29. The molecule has 1 aliphatic rings. The van der Waals surface area contributed by atoms with Crippen LogP contribution in [-0.2, 0) is 14.0 Å². The maximum atomic E-state index is 11.9. The average Bonchev–Trinajstić information content (AvgIpc) is 2.39. The van der Waals surface area contributed by atoms with Crippen molar-refractivity contribution >= 4 is 7.14 Å². The van der Waals surface area contributed by atoms with Crippen LogP contribution in [0.25, 0.3) is 10.4 Å². The monoisotopic (exact) mass is 233 g/mol. The number of ether oxygens (including phenoxy) is 2. The highest BCUT2D eigenvalue weighted by atomic mass is 31.2. The van der Waals surface area contributed by atoms with Gasteiger partial charge in [0.05, 0.1) is 19.9 Å². The Morgan fingerprint density at radius 2 is 2.20 bits per heavy atom. The van der Waals surface area contributed by atoms with E-state index in [9.17, 15) is 4.57 Å². The van der Waals surface area contributed by atoms with Crippen molar-refractivity contribution in [3.8, 4) is 0 Å². The summed E-state index contributed by atoms with van der Waals surface area (Å²) in [7, 11) is -2.52. The van der Waals surface area contributed by atoms with E-state index >= 15 is 0 Å². The Balaban J connectivity index is 2.84. The number of rotatable bonds is 3. The first-order valence-electron chi connectivity index (χ1n) is 4.67. The maximum absolute atomic E-state index is 11.9. The Kier molecular flexibility index (Phi) is 3.46. The van der Waals surface area contributed by atoms with E-state index in [4.69, 9.17) is 15.0 Å². The zero-order valence-corrected chi connectivity index (χ0v) is 10.3. The lowest BCUT2D eigenvalue weighted by atomic mass is 10.4. The Bertz CT molecular complexity index is 332. The zero-order chi connectivity index (χ0) is 11.7. The second-order valence-corrected chi connectivity index (χ2v) is 7.82. The van der Waals surface area contributed by atoms with Crippen LogP contribution < -0.4 is 0 Å². The molecule has 0 N–H and O–H groups in total. The summed E-state index contributed by atoms with van der Waals surface area (Å²) in [5.74, 6) is -1.34. The molecule has 86 valence electrons. The van der Waals surface area contributed by atoms with Gasteiger partial charge in [0.15, 0.2) is 5.79 Å². The van der Waals surface area contributed by atoms with Gasteiger partial charge >= 0.3 is 0 Å². The fourth-order valence-electron chi connectivity index (χ4n) is 1.51. The zero-order valence-electron chi connectivity index (χ0n) is 9.38. The molecule has 1 unspecified atom stereocenters. The Morgan fingerprint density at radius 3 is 2.53 bits per heavy atom. The second-order valence-electron chi connectivity index (χ2n) is 4.42. The van der Waals surface area contributed by atoms with Crippen molar-refractivity contribution in [3.63, 3.8) is 0 Å². The van der Waals surface area contributed by atoms with E-state index in [0.717, 1.165) is 0 Å². The highest BCUT2D eigenvalue weighted by Gasteiger charge is 2.41. The molecule has 0 aromatic carbocycles. The predicted molar refractivity (Wildman–Crippen MR) is 57.3 cm³/mol. The first-order valence-corrected chi connectivity index (χ1v) is 7.34. The number of azide groups is 1. The first-order chi connectivity index (χ1) is 6.76. The van der Waals surface area contributed by atoms with Gasteiger partial charge in [0.2, 0.25) is 0 Å². The van der Waals surface area contributed by atoms with E-state index in [1.165, 1.54) is 0 Å². The molecule has 0 saturated carbocycles. The molecule has 0 aromatic rings. The topological polar surface area (TPSA) is 84.3 Å². The quantitative estimate of drug-likeness (QED) is 0.324. The minimum Gasteiger partial charge on any atom is -0.348 e. The standard InChI is InChI=1S/C8H16N3O3P/c1-8(2)13-5-6(14-8)7(10-11-9)15(3,4)12/h6-7H,5H2,1-4H3/t6?,7-/m1/s1. The minimum atomic E-state index is -2.52. The second kappa shape index (κ2) is 4.14. The molecule has 15 heavy (non-hydrogen) atoms. The highest BCUT2D eigenvalue weighted by Crippen LogP contribution is 2.47. The van der Waals surface area contributed by atoms with E-state index in [2.05, 4.69) is 10.0 Å². The molecule has 6 nitrogen and oxygen atoms in total. The Labute approximate surface area is 88.9 Å². The molecule has 0 amide bonds. The van der Waals surface area contributed by atoms with E-state index in [1.807, 2.05) is 0 Å². The SMILES string of the molecule is CC1(C)OCC([C@H](N=[N+]=[N-])P(C)(C)=O)O1. The van der Waals surface area contributed by atoms with Gasteiger partial charge < -0.3 is 14.0 Å². The fraction of sp³-hybridized carbons (Fsp3) is 1.00. The number of hydrogen-bond donors (Lipinski definition) is 0. The molecule has 1 fully saturated rings. The third-order valence-electron chi connectivity index (χ3n) is 2.17. The van der Waals surface area contributed by atoms with Crippen LogP contribution in [0.5, 0.6) is 0 Å². The molecule has 2 atom stereocenters. The average molecular weight is 233 g/mol. The summed E-state index contributed by atoms with van der Waals surface area (Å²) >= 11 is 0. The van der Waals surface area contributed by atoms with Gasteiger partial charge in [-0.15, -0.1) is 0 Å². The molecule has 0 aromatic heterocycles. The van der Waals surface area contributed by atoms with Crippen LogP contribution >= 0.6 is 7.14 Å². The van der Waals surface area contributed by atoms with Crippen molar-refractivity contribution in [1.29, 1.82) is 0 Å². The number of hydrogen-bond acceptors (Lipinski definition) is 4. The maximum Gasteiger partial charge on any atom is 0.163 e. The van der Waals surface area contributed by atoms with Crippen molar-refractivity contribution in [2.75, 3.05) is 19.9 Å². The van der Waals surface area contributed by atoms with Gasteiger partial charge in [0.25, 0.3) is 0 Å². The summed E-state index contributed by atoms with van der Waals surface area (Å²) < 4.78 is 22.8. The van der Waals surface area contributed by atoms with Gasteiger partial charge in [-0.3, -0.25) is 0 Å². The molecule has 7 heteroatoms. The van der Waals surface area contributed by atoms with E-state index in [-0.39, 0.29) is 0 Å². The summed E-state index contributed by atoms with van der Waals surface area (Å²) in [5, 5.41) is 3.56. The molecule has 1 aliphatic heterocycles. The lowest BCUT2D eigenvalue weighted by molar-refractivity contribution is -0.138. The number of nitrogens with zero attached hydrogens (tertiary/aromatic N) is 3. The van der Waals surface area contributed by atoms with Gasteiger partial charge in [0, 0.05) is 4.91 Å². The van der Waals surface area contributed by atoms with Crippen molar-refractivity contribution < 1.29 is 14.0 Å². The summed E-state index contributed by atoms with van der Waals surface area (Å²) in [6, 6.07) is 0. The van der Waals surface area contributed by atoms with Crippen molar-refractivity contribution in [2.45, 2.75) is 31.5 Å². The summed E-state index contributed by atoms with van der Waals surface area (Å²) in [5.41, 5.74) is 8.43. The molecule has 0 bridgehead atoms. The van der Waals surface area contributed by atoms with Crippen LogP contribution in [0.4, 0.5) is 0 Å². The first kappa shape index (κ1) is 12.5. The Morgan fingerprint density at radius 1 is 1.60 bits per heavy atom. The molecule has 1 heterocycles. The predicted octanol–water partition coefficient (Wildman–Crippen LogP) is 2.40. The van der Waals surface area contributed by atoms with Crippen LogP contribution in [0.1, 0.15) is 13.8 Å². The molecular formula is C8H16N3O3P. The van der Waals surface area contributed by atoms with Crippen LogP contribution in [-0.4, -0.2) is 37.6 Å². The van der Waals surface area contributed by atoms with Crippen LogP contribution in [0, 0.1) is 0 Å². The van der Waals surface area contributed by atoms with E-state index < -0.39 is 24.8 Å². The third kappa shape index (κ3) is 3.21. The minimum absolute atomic E-state index is 0.308. The van der Waals surface area contributed by atoms with Crippen LogP contribution in [0.15, 0.2) is 5.11 Å². The fourth-order valence-corrected chi connectivity index (χ4v) is 2.76. The largest absolute Gasteiger partial charge is 0.348 e. The molecule has 0 radical (unpaired) electrons. The lowest BCUT2D eigenvalue weighted by Gasteiger charge is -2.23. The van der Waals surface area contributed by atoms with Crippen molar-refractivity contribution in [1.82, 2.24) is 0 Å². The van der Waals surface area contributed by atoms with Gasteiger partial charge in [0.1, 0.15) is 5.78 Å². The summed E-state index contributed by atoms with van der Waals surface area (Å²) in [6.45, 7) is 7.03. The molecule has 1 saturated heterocycles. The van der Waals surface area contributed by atoms with E-state index in [1.54, 1.807) is 27.2 Å². The summed E-state index contributed by atoms with van der Waals surface area (Å²) in [4.78, 5) is 2.71. The van der Waals surface area contributed by atoms with Gasteiger partial charge in [-0.05, 0) is 32.7 Å². The van der Waals surface area contributed by atoms with Crippen LogP contribution in [0.3, 0.4) is 0 Å². The van der Waals surface area contributed by atoms with Gasteiger partial charge in [-0.1, -0.05) is 5.11 Å². The van der Waals surface area contributed by atoms with Crippen molar-refractivity contribution in [2.24, 2.45) is 5.11 Å². The molecule has 1 rings (SSSR count). The van der Waals surface area contributed by atoms with Gasteiger partial charge in [-0.25, -0.2) is 0 Å². The molecule has 0 aliphatic carbocycles. The smallest absolute Gasteiger partial charge is 0.163 e. The van der Waals surface area contributed by atoms with E-state index in [0.29, 0.717) is 6.61 Å². The molecule has 0 spiro atoms. The third-order valence-corrected chi connectivity index (χ3v) is 3.88. The normalized spacial score (nSPS) is 27.1.